The van der Waals surface area contributed by atoms with Crippen molar-refractivity contribution in [2.75, 3.05) is 0 Å². The maximum Gasteiger partial charge on any atom is 0.240 e. The Kier molecular flexibility index (Phi) is 4.80. The van der Waals surface area contributed by atoms with Crippen molar-refractivity contribution in [1.29, 1.82) is 0 Å². The molecule has 4 nitrogen and oxygen atoms in total. The second kappa shape index (κ2) is 5.78. The summed E-state index contributed by atoms with van der Waals surface area (Å²) in [6.07, 6.45) is 0. The van der Waals surface area contributed by atoms with Crippen LogP contribution in [0.4, 0.5) is 0 Å². The van der Waals surface area contributed by atoms with Crippen molar-refractivity contribution >= 4 is 5.91 Å². The lowest BCUT2D eigenvalue weighted by Crippen LogP contribution is -2.52. The third-order valence-corrected chi connectivity index (χ3v) is 3.23. The fourth-order valence-corrected chi connectivity index (χ4v) is 1.80. The van der Waals surface area contributed by atoms with Gasteiger partial charge in [-0.25, -0.2) is 0 Å². The highest BCUT2D eigenvalue weighted by Gasteiger charge is 2.32. The molecule has 19 heavy (non-hydrogen) atoms. The SMILES string of the molecule is Cc1ccc(CN(C(=O)C(N)C(C)(C)C)C(C)C)o1. The summed E-state index contributed by atoms with van der Waals surface area (Å²) in [5.41, 5.74) is 5.82. The highest BCUT2D eigenvalue weighted by atomic mass is 16.3. The first-order valence-electron chi connectivity index (χ1n) is 6.74. The third-order valence-electron chi connectivity index (χ3n) is 3.23. The van der Waals surface area contributed by atoms with E-state index in [0.29, 0.717) is 6.54 Å². The number of amides is 1. The lowest BCUT2D eigenvalue weighted by atomic mass is 9.86. The van der Waals surface area contributed by atoms with Crippen molar-refractivity contribution in [2.45, 2.75) is 60.2 Å². The van der Waals surface area contributed by atoms with E-state index in [1.54, 1.807) is 4.90 Å². The van der Waals surface area contributed by atoms with E-state index < -0.39 is 6.04 Å². The van der Waals surface area contributed by atoms with Crippen LogP contribution in [0, 0.1) is 12.3 Å². The summed E-state index contributed by atoms with van der Waals surface area (Å²) in [5.74, 6) is 1.61. The van der Waals surface area contributed by atoms with E-state index >= 15 is 0 Å². The average molecular weight is 266 g/mol. The summed E-state index contributed by atoms with van der Waals surface area (Å²) in [6.45, 7) is 12.3. The predicted molar refractivity (Wildman–Crippen MR) is 76.6 cm³/mol. The summed E-state index contributed by atoms with van der Waals surface area (Å²) in [5, 5.41) is 0. The van der Waals surface area contributed by atoms with Crippen LogP contribution in [0.5, 0.6) is 0 Å². The third kappa shape index (κ3) is 4.10. The highest BCUT2D eigenvalue weighted by molar-refractivity contribution is 5.82. The molecule has 1 rings (SSSR count). The Balaban J connectivity index is 2.86. The molecule has 0 saturated carbocycles. The number of nitrogens with zero attached hydrogens (tertiary/aromatic N) is 1. The van der Waals surface area contributed by atoms with Crippen molar-refractivity contribution in [3.63, 3.8) is 0 Å². The van der Waals surface area contributed by atoms with Crippen molar-refractivity contribution in [2.24, 2.45) is 11.1 Å². The van der Waals surface area contributed by atoms with Gasteiger partial charge in [-0.15, -0.1) is 0 Å². The maximum atomic E-state index is 12.5. The van der Waals surface area contributed by atoms with Gasteiger partial charge in [-0.3, -0.25) is 4.79 Å². The number of carbonyl (C=O) groups is 1. The minimum atomic E-state index is -0.508. The molecule has 1 aromatic rings. The Morgan fingerprint density at radius 1 is 1.37 bits per heavy atom. The van der Waals surface area contributed by atoms with Gasteiger partial charge in [0.25, 0.3) is 0 Å². The Bertz CT molecular complexity index is 430. The van der Waals surface area contributed by atoms with Crippen LogP contribution in [-0.4, -0.2) is 22.9 Å². The van der Waals surface area contributed by atoms with Crippen LogP contribution < -0.4 is 5.73 Å². The molecule has 0 aliphatic heterocycles. The minimum Gasteiger partial charge on any atom is -0.464 e. The van der Waals surface area contributed by atoms with Crippen LogP contribution in [0.1, 0.15) is 46.1 Å². The molecule has 0 aliphatic carbocycles. The number of hydrogen-bond acceptors (Lipinski definition) is 3. The van der Waals surface area contributed by atoms with Crippen molar-refractivity contribution < 1.29 is 9.21 Å². The van der Waals surface area contributed by atoms with E-state index in [4.69, 9.17) is 10.2 Å². The molecule has 108 valence electrons. The Morgan fingerprint density at radius 2 is 1.95 bits per heavy atom. The van der Waals surface area contributed by atoms with E-state index in [9.17, 15) is 4.79 Å². The van der Waals surface area contributed by atoms with E-state index in [0.717, 1.165) is 11.5 Å². The fourth-order valence-electron chi connectivity index (χ4n) is 1.80. The van der Waals surface area contributed by atoms with Gasteiger partial charge >= 0.3 is 0 Å². The number of rotatable bonds is 4. The lowest BCUT2D eigenvalue weighted by Gasteiger charge is -2.34. The number of carbonyl (C=O) groups excluding carboxylic acids is 1. The molecule has 1 atom stereocenters. The highest BCUT2D eigenvalue weighted by Crippen LogP contribution is 2.21. The second-order valence-electron chi connectivity index (χ2n) is 6.42. The van der Waals surface area contributed by atoms with Gasteiger partial charge in [-0.1, -0.05) is 20.8 Å². The molecular weight excluding hydrogens is 240 g/mol. The first-order chi connectivity index (χ1) is 8.62. The molecule has 1 amide bonds. The first-order valence-corrected chi connectivity index (χ1v) is 6.74. The molecule has 0 bridgehead atoms. The van der Waals surface area contributed by atoms with E-state index in [1.165, 1.54) is 0 Å². The first kappa shape index (κ1) is 15.8. The maximum absolute atomic E-state index is 12.5. The number of furan rings is 1. The van der Waals surface area contributed by atoms with Gasteiger partial charge in [0.2, 0.25) is 5.91 Å². The zero-order valence-corrected chi connectivity index (χ0v) is 12.9. The van der Waals surface area contributed by atoms with Gasteiger partial charge in [0.15, 0.2) is 0 Å². The van der Waals surface area contributed by atoms with Crippen LogP contribution >= 0.6 is 0 Å². The zero-order valence-electron chi connectivity index (χ0n) is 12.9. The Labute approximate surface area is 116 Å². The molecule has 1 heterocycles. The predicted octanol–water partition coefficient (Wildman–Crippen LogP) is 2.70. The second-order valence-corrected chi connectivity index (χ2v) is 6.42. The van der Waals surface area contributed by atoms with Crippen molar-refractivity contribution in [3.8, 4) is 0 Å². The standard InChI is InChI=1S/C15H26N2O2/c1-10(2)17(9-12-8-7-11(3)19-12)14(18)13(16)15(4,5)6/h7-8,10,13H,9,16H2,1-6H3. The van der Waals surface area contributed by atoms with Crippen LogP contribution in [0.25, 0.3) is 0 Å². The topological polar surface area (TPSA) is 59.5 Å². The van der Waals surface area contributed by atoms with Crippen LogP contribution in [0.3, 0.4) is 0 Å². The molecular formula is C15H26N2O2. The van der Waals surface area contributed by atoms with Gasteiger partial charge < -0.3 is 15.1 Å². The quantitative estimate of drug-likeness (QED) is 0.911. The van der Waals surface area contributed by atoms with Gasteiger partial charge in [0, 0.05) is 6.04 Å². The monoisotopic (exact) mass is 266 g/mol. The molecule has 1 unspecified atom stereocenters. The van der Waals surface area contributed by atoms with E-state index in [1.807, 2.05) is 53.7 Å². The minimum absolute atomic E-state index is 0.0310. The fraction of sp³-hybridized carbons (Fsp3) is 0.667. The van der Waals surface area contributed by atoms with Crippen molar-refractivity contribution in [1.82, 2.24) is 4.90 Å². The zero-order chi connectivity index (χ0) is 14.8. The molecule has 1 aromatic heterocycles. The van der Waals surface area contributed by atoms with Gasteiger partial charge in [-0.05, 0) is 38.3 Å². The molecule has 2 N–H and O–H groups in total. The molecule has 0 fully saturated rings. The molecule has 0 aliphatic rings. The van der Waals surface area contributed by atoms with Gasteiger partial charge in [-0.2, -0.15) is 0 Å². The molecule has 0 radical (unpaired) electrons. The number of nitrogens with two attached hydrogens (primary N) is 1. The van der Waals surface area contributed by atoms with Crippen molar-refractivity contribution in [3.05, 3.63) is 23.7 Å². The van der Waals surface area contributed by atoms with Gasteiger partial charge in [0.05, 0.1) is 12.6 Å². The van der Waals surface area contributed by atoms with Crippen LogP contribution in [-0.2, 0) is 11.3 Å². The van der Waals surface area contributed by atoms with Crippen LogP contribution in [0.2, 0.25) is 0 Å². The van der Waals surface area contributed by atoms with Crippen LogP contribution in [0.15, 0.2) is 16.5 Å². The summed E-state index contributed by atoms with van der Waals surface area (Å²) < 4.78 is 5.54. The molecule has 0 spiro atoms. The van der Waals surface area contributed by atoms with E-state index in [2.05, 4.69) is 0 Å². The molecule has 4 heteroatoms. The van der Waals surface area contributed by atoms with E-state index in [-0.39, 0.29) is 17.4 Å². The average Bonchev–Trinajstić information content (AvgIpc) is 2.68. The smallest absolute Gasteiger partial charge is 0.240 e. The summed E-state index contributed by atoms with van der Waals surface area (Å²) in [6, 6.07) is 3.39. The summed E-state index contributed by atoms with van der Waals surface area (Å²) in [4.78, 5) is 14.3. The van der Waals surface area contributed by atoms with Gasteiger partial charge in [0.1, 0.15) is 11.5 Å². The lowest BCUT2D eigenvalue weighted by molar-refractivity contribution is -0.137. The largest absolute Gasteiger partial charge is 0.464 e. The number of aryl methyl sites for hydroxylation is 1. The number of hydrogen-bond donors (Lipinski definition) is 1. The Hall–Kier alpha value is -1.29. The summed E-state index contributed by atoms with van der Waals surface area (Å²) in [7, 11) is 0. The normalized spacial score (nSPS) is 13.7. The Morgan fingerprint density at radius 3 is 2.32 bits per heavy atom. The molecule has 0 aromatic carbocycles. The molecule has 0 saturated heterocycles. The summed E-state index contributed by atoms with van der Waals surface area (Å²) >= 11 is 0.